The van der Waals surface area contributed by atoms with Crippen molar-refractivity contribution in [1.29, 1.82) is 0 Å². The Balaban J connectivity index is 1.90. The van der Waals surface area contributed by atoms with E-state index in [1.165, 1.54) is 0 Å². The molecule has 2 rings (SSSR count). The zero-order valence-corrected chi connectivity index (χ0v) is 13.0. The molecule has 0 aromatic carbocycles. The number of allylic oxidation sites excluding steroid dienone is 3. The Kier molecular flexibility index (Phi) is 5.73. The lowest BCUT2D eigenvalue weighted by molar-refractivity contribution is 0.252. The average molecular weight is 315 g/mol. The van der Waals surface area contributed by atoms with Crippen molar-refractivity contribution in [3.05, 3.63) is 60.0 Å². The second kappa shape index (κ2) is 7.99. The predicted octanol–water partition coefficient (Wildman–Crippen LogP) is 4.21. The third kappa shape index (κ3) is 4.46. The first-order valence-corrected chi connectivity index (χ1v) is 7.60. The van der Waals surface area contributed by atoms with Crippen LogP contribution in [0.2, 0.25) is 0 Å². The van der Waals surface area contributed by atoms with E-state index in [-0.39, 0.29) is 6.03 Å². The SMILES string of the molecule is C=C/C=C(\C=C/C)CNC(=O)Nc1cc(-c2cccs2)on1. The van der Waals surface area contributed by atoms with Gasteiger partial charge in [0.25, 0.3) is 0 Å². The number of rotatable bonds is 6. The minimum Gasteiger partial charge on any atom is -0.353 e. The smallest absolute Gasteiger partial charge is 0.320 e. The maximum atomic E-state index is 11.8. The fraction of sp³-hybridized carbons (Fsp3) is 0.125. The summed E-state index contributed by atoms with van der Waals surface area (Å²) in [7, 11) is 0. The van der Waals surface area contributed by atoms with Crippen LogP contribution in [0.1, 0.15) is 6.92 Å². The minimum atomic E-state index is -0.342. The molecule has 0 aliphatic rings. The first-order valence-electron chi connectivity index (χ1n) is 6.72. The highest BCUT2D eigenvalue weighted by Gasteiger charge is 2.09. The molecule has 22 heavy (non-hydrogen) atoms. The summed E-state index contributed by atoms with van der Waals surface area (Å²) < 4.78 is 5.19. The van der Waals surface area contributed by atoms with Gasteiger partial charge in [0.05, 0.1) is 4.88 Å². The average Bonchev–Trinajstić information content (AvgIpc) is 3.16. The third-order valence-electron chi connectivity index (χ3n) is 2.68. The molecule has 0 saturated carbocycles. The summed E-state index contributed by atoms with van der Waals surface area (Å²) >= 11 is 1.55. The number of hydrogen-bond donors (Lipinski definition) is 2. The summed E-state index contributed by atoms with van der Waals surface area (Å²) in [6, 6.07) is 5.21. The van der Waals surface area contributed by atoms with Crippen molar-refractivity contribution in [3.63, 3.8) is 0 Å². The van der Waals surface area contributed by atoms with Crippen LogP contribution in [0.5, 0.6) is 0 Å². The van der Waals surface area contributed by atoms with Crippen LogP contribution >= 0.6 is 11.3 Å². The molecule has 2 N–H and O–H groups in total. The molecule has 2 heterocycles. The van der Waals surface area contributed by atoms with Crippen LogP contribution in [-0.4, -0.2) is 17.7 Å². The Morgan fingerprint density at radius 2 is 2.41 bits per heavy atom. The van der Waals surface area contributed by atoms with Gasteiger partial charge in [-0.2, -0.15) is 0 Å². The van der Waals surface area contributed by atoms with Crippen LogP contribution in [-0.2, 0) is 0 Å². The monoisotopic (exact) mass is 315 g/mol. The highest BCUT2D eigenvalue weighted by atomic mass is 32.1. The number of nitrogens with one attached hydrogen (secondary N) is 2. The normalized spacial score (nSPS) is 11.6. The molecule has 5 nitrogen and oxygen atoms in total. The molecule has 114 valence electrons. The van der Waals surface area contributed by atoms with Gasteiger partial charge in [0.2, 0.25) is 0 Å². The first kappa shape index (κ1) is 15.8. The molecule has 0 bridgehead atoms. The maximum absolute atomic E-state index is 11.8. The van der Waals surface area contributed by atoms with Gasteiger partial charge < -0.3 is 9.84 Å². The molecule has 0 aliphatic carbocycles. The minimum absolute atomic E-state index is 0.342. The van der Waals surface area contributed by atoms with Crippen LogP contribution < -0.4 is 10.6 Å². The van der Waals surface area contributed by atoms with Crippen molar-refractivity contribution in [2.45, 2.75) is 6.92 Å². The molecule has 0 atom stereocenters. The number of nitrogens with zero attached hydrogens (tertiary/aromatic N) is 1. The number of carbonyl (C=O) groups is 1. The lowest BCUT2D eigenvalue weighted by Crippen LogP contribution is -2.30. The van der Waals surface area contributed by atoms with Crippen molar-refractivity contribution >= 4 is 23.2 Å². The van der Waals surface area contributed by atoms with Crippen LogP contribution in [0.25, 0.3) is 10.6 Å². The van der Waals surface area contributed by atoms with Gasteiger partial charge >= 0.3 is 6.03 Å². The molecule has 0 aliphatic heterocycles. The Hall–Kier alpha value is -2.60. The fourth-order valence-electron chi connectivity index (χ4n) is 1.75. The largest absolute Gasteiger partial charge is 0.353 e. The van der Waals surface area contributed by atoms with Gasteiger partial charge in [-0.1, -0.05) is 42.1 Å². The zero-order valence-electron chi connectivity index (χ0n) is 12.2. The van der Waals surface area contributed by atoms with Gasteiger partial charge in [0.15, 0.2) is 11.6 Å². The summed E-state index contributed by atoms with van der Waals surface area (Å²) in [4.78, 5) is 12.8. The number of aromatic nitrogens is 1. The van der Waals surface area contributed by atoms with E-state index in [9.17, 15) is 4.79 Å². The first-order chi connectivity index (χ1) is 10.7. The van der Waals surface area contributed by atoms with E-state index >= 15 is 0 Å². The fourth-order valence-corrected chi connectivity index (χ4v) is 2.42. The number of urea groups is 1. The van der Waals surface area contributed by atoms with E-state index < -0.39 is 0 Å². The molecule has 0 fully saturated rings. The lowest BCUT2D eigenvalue weighted by atomic mass is 10.2. The summed E-state index contributed by atoms with van der Waals surface area (Å²) in [5.41, 5.74) is 0.951. The van der Waals surface area contributed by atoms with Crippen LogP contribution in [0.15, 0.2) is 64.6 Å². The number of carbonyl (C=O) groups excluding carboxylic acids is 1. The molecule has 2 aromatic rings. The van der Waals surface area contributed by atoms with Gasteiger partial charge in [-0.3, -0.25) is 5.32 Å². The van der Waals surface area contributed by atoms with Crippen molar-refractivity contribution < 1.29 is 9.32 Å². The molecule has 6 heteroatoms. The van der Waals surface area contributed by atoms with Crippen LogP contribution in [0, 0.1) is 0 Å². The molecule has 0 radical (unpaired) electrons. The summed E-state index contributed by atoms with van der Waals surface area (Å²) in [5, 5.41) is 11.2. The molecule has 0 unspecified atom stereocenters. The highest BCUT2D eigenvalue weighted by Crippen LogP contribution is 2.26. The summed E-state index contributed by atoms with van der Waals surface area (Å²) in [6.07, 6.45) is 7.33. The highest BCUT2D eigenvalue weighted by molar-refractivity contribution is 7.13. The van der Waals surface area contributed by atoms with E-state index in [1.807, 2.05) is 42.7 Å². The molecular weight excluding hydrogens is 298 g/mol. The summed E-state index contributed by atoms with van der Waals surface area (Å²) in [5.74, 6) is 1.01. The van der Waals surface area contributed by atoms with Gasteiger partial charge in [-0.25, -0.2) is 4.79 Å². The number of anilines is 1. The molecule has 2 aromatic heterocycles. The quantitative estimate of drug-likeness (QED) is 0.785. The Bertz CT molecular complexity index is 684. The second-order valence-electron chi connectivity index (χ2n) is 4.34. The van der Waals surface area contributed by atoms with E-state index in [4.69, 9.17) is 4.52 Å². The molecule has 2 amide bonds. The summed E-state index contributed by atoms with van der Waals surface area (Å²) in [6.45, 7) is 5.96. The van der Waals surface area contributed by atoms with Gasteiger partial charge in [-0.15, -0.1) is 11.3 Å². The molecule has 0 saturated heterocycles. The van der Waals surface area contributed by atoms with Gasteiger partial charge in [0, 0.05) is 12.6 Å². The Labute approximate surface area is 133 Å². The van der Waals surface area contributed by atoms with Crippen LogP contribution in [0.3, 0.4) is 0 Å². The molecular formula is C16H17N3O2S. The Morgan fingerprint density at radius 1 is 1.55 bits per heavy atom. The van der Waals surface area contributed by atoms with Crippen molar-refractivity contribution in [1.82, 2.24) is 10.5 Å². The molecule has 0 spiro atoms. The second-order valence-corrected chi connectivity index (χ2v) is 5.29. The van der Waals surface area contributed by atoms with E-state index in [2.05, 4.69) is 22.4 Å². The zero-order chi connectivity index (χ0) is 15.8. The van der Waals surface area contributed by atoms with Crippen molar-refractivity contribution in [2.75, 3.05) is 11.9 Å². The lowest BCUT2D eigenvalue weighted by Gasteiger charge is -2.05. The van der Waals surface area contributed by atoms with E-state index in [0.29, 0.717) is 18.1 Å². The van der Waals surface area contributed by atoms with Crippen molar-refractivity contribution in [2.24, 2.45) is 0 Å². The Morgan fingerprint density at radius 3 is 3.09 bits per heavy atom. The standard InChI is InChI=1S/C16H17N3O2S/c1-3-6-12(7-4-2)11-17-16(20)18-15-10-13(21-19-15)14-8-5-9-22-14/h3-10H,1,11H2,2H3,(H2,17,18,19,20)/b7-4-,12-6+. The van der Waals surface area contributed by atoms with Crippen LogP contribution in [0.4, 0.5) is 10.6 Å². The topological polar surface area (TPSA) is 67.2 Å². The maximum Gasteiger partial charge on any atom is 0.320 e. The van der Waals surface area contributed by atoms with E-state index in [0.717, 1.165) is 10.5 Å². The van der Waals surface area contributed by atoms with Gasteiger partial charge in [-0.05, 0) is 23.9 Å². The predicted molar refractivity (Wildman–Crippen MR) is 89.9 cm³/mol. The van der Waals surface area contributed by atoms with E-state index in [1.54, 1.807) is 23.5 Å². The van der Waals surface area contributed by atoms with Crippen molar-refractivity contribution in [3.8, 4) is 10.6 Å². The third-order valence-corrected chi connectivity index (χ3v) is 3.57. The number of amides is 2. The number of hydrogen-bond acceptors (Lipinski definition) is 4. The number of thiophene rings is 1. The van der Waals surface area contributed by atoms with Gasteiger partial charge in [0.1, 0.15) is 0 Å².